The summed E-state index contributed by atoms with van der Waals surface area (Å²) in [6, 6.07) is 14.7. The predicted molar refractivity (Wildman–Crippen MR) is 106 cm³/mol. The molecule has 0 unspecified atom stereocenters. The molecule has 0 aliphatic heterocycles. The van der Waals surface area contributed by atoms with Crippen molar-refractivity contribution in [2.24, 2.45) is 5.73 Å². The van der Waals surface area contributed by atoms with E-state index < -0.39 is 0 Å². The number of hydrogen-bond donors (Lipinski definition) is 2. The van der Waals surface area contributed by atoms with E-state index in [0.29, 0.717) is 34.3 Å². The summed E-state index contributed by atoms with van der Waals surface area (Å²) in [5.74, 6) is 1.14. The Kier molecular flexibility index (Phi) is 7.30. The largest absolute Gasteiger partial charge is 0.457 e. The fourth-order valence-electron chi connectivity index (χ4n) is 2.28. The van der Waals surface area contributed by atoms with Gasteiger partial charge in [0.05, 0.1) is 5.57 Å². The number of amides is 1. The molecule has 0 aliphatic carbocycles. The number of nitrogens with two attached hydrogens (primary N) is 1. The summed E-state index contributed by atoms with van der Waals surface area (Å²) in [6.07, 6.45) is 4.50. The van der Waals surface area contributed by atoms with Gasteiger partial charge < -0.3 is 15.8 Å². The minimum Gasteiger partial charge on any atom is -0.457 e. The van der Waals surface area contributed by atoms with Crippen molar-refractivity contribution in [3.8, 4) is 11.5 Å². The summed E-state index contributed by atoms with van der Waals surface area (Å²) >= 11 is 5.97. The number of ether oxygens (including phenoxy) is 1. The summed E-state index contributed by atoms with van der Waals surface area (Å²) in [6.45, 7) is 4.10. The molecule has 0 atom stereocenters. The number of nitrogens with one attached hydrogen (secondary N) is 1. The van der Waals surface area contributed by atoms with Gasteiger partial charge in [0.2, 0.25) is 0 Å². The van der Waals surface area contributed by atoms with Crippen LogP contribution in [0.4, 0.5) is 0 Å². The van der Waals surface area contributed by atoms with Crippen LogP contribution in [0.2, 0.25) is 5.02 Å². The molecule has 26 heavy (non-hydrogen) atoms. The molecule has 0 fully saturated rings. The van der Waals surface area contributed by atoms with Gasteiger partial charge in [-0.05, 0) is 49.2 Å². The van der Waals surface area contributed by atoms with Gasteiger partial charge in [-0.25, -0.2) is 0 Å². The Morgan fingerprint density at radius 1 is 1.19 bits per heavy atom. The van der Waals surface area contributed by atoms with Crippen molar-refractivity contribution in [1.29, 1.82) is 0 Å². The Bertz CT molecular complexity index is 824. The van der Waals surface area contributed by atoms with Crippen LogP contribution in [-0.2, 0) is 11.3 Å². The van der Waals surface area contributed by atoms with Crippen molar-refractivity contribution in [3.05, 3.63) is 82.5 Å². The van der Waals surface area contributed by atoms with Gasteiger partial charge in [-0.15, -0.1) is 0 Å². The number of benzene rings is 2. The first-order chi connectivity index (χ1) is 12.5. The van der Waals surface area contributed by atoms with E-state index in [1.165, 1.54) is 0 Å². The summed E-state index contributed by atoms with van der Waals surface area (Å²) in [4.78, 5) is 12.3. The number of halogens is 1. The fraction of sp³-hybridized carbons (Fsp3) is 0.190. The van der Waals surface area contributed by atoms with Crippen LogP contribution in [0.3, 0.4) is 0 Å². The Balaban J connectivity index is 2.03. The molecule has 2 aromatic carbocycles. The second-order valence-electron chi connectivity index (χ2n) is 5.80. The van der Waals surface area contributed by atoms with Crippen molar-refractivity contribution in [1.82, 2.24) is 5.32 Å². The molecule has 0 aromatic heterocycles. The van der Waals surface area contributed by atoms with Crippen molar-refractivity contribution in [2.45, 2.75) is 26.8 Å². The molecule has 1 amide bonds. The SMILES string of the molecule is CC/C=C\C(C(=O)NCc1cccc(Oc2cccc(Cl)c2)c1)=C(/C)N. The standard InChI is InChI=1S/C21H23ClN2O2/c1-3-4-11-20(15(2)23)21(25)24-14-16-7-5-9-18(12-16)26-19-10-6-8-17(22)13-19/h4-13H,3,14,23H2,1-2H3,(H,24,25)/b11-4-,20-15-. The van der Waals surface area contributed by atoms with Crippen molar-refractivity contribution >= 4 is 17.5 Å². The van der Waals surface area contributed by atoms with E-state index in [-0.39, 0.29) is 5.91 Å². The highest BCUT2D eigenvalue weighted by Crippen LogP contribution is 2.24. The molecule has 4 nitrogen and oxygen atoms in total. The highest BCUT2D eigenvalue weighted by Gasteiger charge is 2.09. The highest BCUT2D eigenvalue weighted by atomic mass is 35.5. The van der Waals surface area contributed by atoms with Gasteiger partial charge in [0.15, 0.2) is 0 Å². The van der Waals surface area contributed by atoms with Crippen molar-refractivity contribution in [3.63, 3.8) is 0 Å². The highest BCUT2D eigenvalue weighted by molar-refractivity contribution is 6.30. The van der Waals surface area contributed by atoms with Crippen LogP contribution >= 0.6 is 11.6 Å². The van der Waals surface area contributed by atoms with Gasteiger partial charge in [0.1, 0.15) is 11.5 Å². The second-order valence-corrected chi connectivity index (χ2v) is 6.23. The molecule has 0 aliphatic rings. The van der Waals surface area contributed by atoms with Gasteiger partial charge in [0, 0.05) is 17.3 Å². The molecular formula is C21H23ClN2O2. The molecular weight excluding hydrogens is 348 g/mol. The first-order valence-corrected chi connectivity index (χ1v) is 8.81. The van der Waals surface area contributed by atoms with Crippen LogP contribution in [0, 0.1) is 0 Å². The van der Waals surface area contributed by atoms with E-state index in [2.05, 4.69) is 5.32 Å². The number of hydrogen-bond acceptors (Lipinski definition) is 3. The quantitative estimate of drug-likeness (QED) is 0.535. The van der Waals surface area contributed by atoms with Gasteiger partial charge in [0.25, 0.3) is 5.91 Å². The smallest absolute Gasteiger partial charge is 0.253 e. The number of rotatable bonds is 7. The molecule has 2 aromatic rings. The third-order valence-electron chi connectivity index (χ3n) is 3.57. The summed E-state index contributed by atoms with van der Waals surface area (Å²) in [7, 11) is 0. The predicted octanol–water partition coefficient (Wildman–Crippen LogP) is 4.95. The lowest BCUT2D eigenvalue weighted by Gasteiger charge is -2.10. The van der Waals surface area contributed by atoms with Crippen molar-refractivity contribution < 1.29 is 9.53 Å². The van der Waals surface area contributed by atoms with Gasteiger partial charge >= 0.3 is 0 Å². The zero-order valence-electron chi connectivity index (χ0n) is 15.0. The maximum Gasteiger partial charge on any atom is 0.253 e. The van der Waals surface area contributed by atoms with Crippen molar-refractivity contribution in [2.75, 3.05) is 0 Å². The van der Waals surface area contributed by atoms with Crippen LogP contribution in [0.5, 0.6) is 11.5 Å². The van der Waals surface area contributed by atoms with E-state index in [4.69, 9.17) is 22.1 Å². The molecule has 0 radical (unpaired) electrons. The monoisotopic (exact) mass is 370 g/mol. The minimum atomic E-state index is -0.198. The zero-order chi connectivity index (χ0) is 18.9. The summed E-state index contributed by atoms with van der Waals surface area (Å²) in [5.41, 5.74) is 7.70. The fourth-order valence-corrected chi connectivity index (χ4v) is 2.47. The zero-order valence-corrected chi connectivity index (χ0v) is 15.7. The molecule has 2 rings (SSSR count). The van der Waals surface area contributed by atoms with Gasteiger partial charge in [-0.2, -0.15) is 0 Å². The third-order valence-corrected chi connectivity index (χ3v) is 3.81. The van der Waals surface area contributed by atoms with Crippen LogP contribution in [0.15, 0.2) is 72.0 Å². The van der Waals surface area contributed by atoms with Gasteiger partial charge in [-0.1, -0.05) is 48.9 Å². The maximum atomic E-state index is 12.3. The molecule has 3 N–H and O–H groups in total. The van der Waals surface area contributed by atoms with E-state index in [1.54, 1.807) is 25.1 Å². The topological polar surface area (TPSA) is 64.3 Å². The first-order valence-electron chi connectivity index (χ1n) is 8.43. The Labute approximate surface area is 159 Å². The van der Waals surface area contributed by atoms with Crippen LogP contribution in [-0.4, -0.2) is 5.91 Å². The summed E-state index contributed by atoms with van der Waals surface area (Å²) in [5, 5.41) is 3.50. The Morgan fingerprint density at radius 2 is 1.88 bits per heavy atom. The van der Waals surface area contributed by atoms with E-state index in [9.17, 15) is 4.79 Å². The Hall–Kier alpha value is -2.72. The number of carbonyl (C=O) groups is 1. The van der Waals surface area contributed by atoms with Crippen LogP contribution < -0.4 is 15.8 Å². The molecule has 136 valence electrons. The Morgan fingerprint density at radius 3 is 2.54 bits per heavy atom. The van der Waals surface area contributed by atoms with Crippen LogP contribution in [0.1, 0.15) is 25.8 Å². The third kappa shape index (κ3) is 5.97. The molecule has 0 saturated heterocycles. The lowest BCUT2D eigenvalue weighted by molar-refractivity contribution is -0.117. The van der Waals surface area contributed by atoms with E-state index >= 15 is 0 Å². The average molecular weight is 371 g/mol. The maximum absolute atomic E-state index is 12.3. The molecule has 0 bridgehead atoms. The number of carbonyl (C=O) groups excluding carboxylic acids is 1. The van der Waals surface area contributed by atoms with Gasteiger partial charge in [-0.3, -0.25) is 4.79 Å². The normalized spacial score (nSPS) is 12.0. The lowest BCUT2D eigenvalue weighted by Crippen LogP contribution is -2.25. The van der Waals surface area contributed by atoms with E-state index in [0.717, 1.165) is 12.0 Å². The molecule has 5 heteroatoms. The lowest BCUT2D eigenvalue weighted by atomic mass is 10.1. The molecule has 0 saturated carbocycles. The minimum absolute atomic E-state index is 0.198. The van der Waals surface area contributed by atoms with Crippen LogP contribution in [0.25, 0.3) is 0 Å². The molecule has 0 heterocycles. The molecule has 0 spiro atoms. The van der Waals surface area contributed by atoms with E-state index in [1.807, 2.05) is 49.4 Å². The second kappa shape index (κ2) is 9.68. The average Bonchev–Trinajstić information content (AvgIpc) is 2.60. The first kappa shape index (κ1) is 19.6. The number of allylic oxidation sites excluding steroid dienone is 2. The summed E-state index contributed by atoms with van der Waals surface area (Å²) < 4.78 is 5.81.